The van der Waals surface area contributed by atoms with Crippen LogP contribution in [0.4, 0.5) is 9.93 Å². The van der Waals surface area contributed by atoms with Crippen molar-refractivity contribution >= 4 is 40.8 Å². The summed E-state index contributed by atoms with van der Waals surface area (Å²) in [4.78, 5) is 55.9. The predicted molar refractivity (Wildman–Crippen MR) is 116 cm³/mol. The SMILES string of the molecule is COC(=O)c1csc(N2C(=O)[C@@H](N(C=O)C(=O)NC(C)c3ccc4c(c3)OCO4)CC2C)n1. The molecule has 0 aliphatic carbocycles. The number of amides is 4. The number of carbonyl (C=O) groups excluding carboxylic acids is 4. The van der Waals surface area contributed by atoms with Gasteiger partial charge in [-0.2, -0.15) is 0 Å². The number of anilines is 1. The van der Waals surface area contributed by atoms with E-state index in [1.165, 1.54) is 17.4 Å². The minimum atomic E-state index is -0.994. The van der Waals surface area contributed by atoms with Crippen molar-refractivity contribution in [1.82, 2.24) is 15.2 Å². The van der Waals surface area contributed by atoms with Gasteiger partial charge in [0.2, 0.25) is 13.2 Å². The highest BCUT2D eigenvalue weighted by Gasteiger charge is 2.44. The summed E-state index contributed by atoms with van der Waals surface area (Å²) in [5.41, 5.74) is 0.841. The monoisotopic (exact) mass is 474 g/mol. The number of ether oxygens (including phenoxy) is 3. The van der Waals surface area contributed by atoms with Crippen LogP contribution in [0.25, 0.3) is 0 Å². The number of imide groups is 1. The third-order valence-electron chi connectivity index (χ3n) is 5.54. The highest BCUT2D eigenvalue weighted by Crippen LogP contribution is 2.35. The van der Waals surface area contributed by atoms with Gasteiger partial charge in [0.05, 0.1) is 13.2 Å². The van der Waals surface area contributed by atoms with Crippen LogP contribution in [0.2, 0.25) is 0 Å². The first-order valence-corrected chi connectivity index (χ1v) is 11.0. The van der Waals surface area contributed by atoms with E-state index < -0.39 is 30.0 Å². The van der Waals surface area contributed by atoms with Crippen molar-refractivity contribution < 1.29 is 33.4 Å². The van der Waals surface area contributed by atoms with Gasteiger partial charge < -0.3 is 19.5 Å². The van der Waals surface area contributed by atoms with Crippen LogP contribution in [-0.4, -0.2) is 60.2 Å². The fourth-order valence-corrected chi connectivity index (χ4v) is 4.68. The van der Waals surface area contributed by atoms with Crippen molar-refractivity contribution in [1.29, 1.82) is 0 Å². The molecule has 0 bridgehead atoms. The Morgan fingerprint density at radius 1 is 1.36 bits per heavy atom. The fraction of sp³-hybridized carbons (Fsp3) is 0.381. The molecular formula is C21H22N4O7S. The number of thiazole rings is 1. The molecule has 0 saturated carbocycles. The first-order valence-electron chi connectivity index (χ1n) is 10.1. The highest BCUT2D eigenvalue weighted by atomic mass is 32.1. The summed E-state index contributed by atoms with van der Waals surface area (Å²) < 4.78 is 15.3. The van der Waals surface area contributed by atoms with Crippen LogP contribution in [0, 0.1) is 0 Å². The summed E-state index contributed by atoms with van der Waals surface area (Å²) in [5, 5.41) is 4.54. The normalized spacial score (nSPS) is 19.8. The Hall–Kier alpha value is -3.67. The van der Waals surface area contributed by atoms with Gasteiger partial charge in [-0.05, 0) is 38.0 Å². The Kier molecular flexibility index (Phi) is 6.18. The van der Waals surface area contributed by atoms with E-state index in [4.69, 9.17) is 9.47 Å². The lowest BCUT2D eigenvalue weighted by Crippen LogP contribution is -2.49. The Morgan fingerprint density at radius 3 is 2.85 bits per heavy atom. The van der Waals surface area contributed by atoms with Crippen LogP contribution in [0.3, 0.4) is 0 Å². The van der Waals surface area contributed by atoms with Gasteiger partial charge in [0.25, 0.3) is 5.91 Å². The number of rotatable bonds is 6. The maximum Gasteiger partial charge on any atom is 0.357 e. The molecule has 174 valence electrons. The van der Waals surface area contributed by atoms with E-state index in [2.05, 4.69) is 15.0 Å². The summed E-state index contributed by atoms with van der Waals surface area (Å²) in [6.07, 6.45) is 0.582. The standard InChI is InChI=1S/C21H22N4O7S/c1-11-6-15(18(27)25(11)21-23-14(8-33-21)19(28)30-3)24(9-26)20(29)22-12(2)13-4-5-16-17(7-13)32-10-31-16/h4-5,7-9,11-12,15H,6,10H2,1-3H3,(H,22,29)/t11?,12?,15-/m0/s1. The molecular weight excluding hydrogens is 452 g/mol. The van der Waals surface area contributed by atoms with E-state index in [1.807, 2.05) is 0 Å². The third-order valence-corrected chi connectivity index (χ3v) is 6.38. The van der Waals surface area contributed by atoms with Crippen molar-refractivity contribution in [3.8, 4) is 11.5 Å². The first kappa shape index (κ1) is 22.5. The Morgan fingerprint density at radius 2 is 2.12 bits per heavy atom. The largest absolute Gasteiger partial charge is 0.464 e. The van der Waals surface area contributed by atoms with Crippen molar-refractivity contribution in [3.63, 3.8) is 0 Å². The van der Waals surface area contributed by atoms with Gasteiger partial charge in [-0.15, -0.1) is 11.3 Å². The van der Waals surface area contributed by atoms with Gasteiger partial charge >= 0.3 is 12.0 Å². The lowest BCUT2D eigenvalue weighted by Gasteiger charge is -2.24. The molecule has 2 aliphatic heterocycles. The topological polar surface area (TPSA) is 127 Å². The second-order valence-electron chi connectivity index (χ2n) is 7.61. The van der Waals surface area contributed by atoms with Crippen LogP contribution in [0.15, 0.2) is 23.6 Å². The average molecular weight is 474 g/mol. The minimum Gasteiger partial charge on any atom is -0.464 e. The number of carbonyl (C=O) groups is 4. The van der Waals surface area contributed by atoms with E-state index in [-0.39, 0.29) is 24.9 Å². The molecule has 0 spiro atoms. The number of hydrogen-bond acceptors (Lipinski definition) is 9. The quantitative estimate of drug-likeness (QED) is 0.498. The molecule has 4 amide bonds. The lowest BCUT2D eigenvalue weighted by atomic mass is 10.1. The molecule has 1 N–H and O–H groups in total. The Bertz CT molecular complexity index is 1100. The van der Waals surface area contributed by atoms with Crippen LogP contribution in [-0.2, 0) is 14.3 Å². The molecule has 1 fully saturated rings. The lowest BCUT2D eigenvalue weighted by molar-refractivity contribution is -0.127. The number of hydrogen-bond donors (Lipinski definition) is 1. The van der Waals surface area contributed by atoms with E-state index in [1.54, 1.807) is 32.0 Å². The molecule has 2 aromatic rings. The first-order chi connectivity index (χ1) is 15.8. The summed E-state index contributed by atoms with van der Waals surface area (Å²) in [6, 6.07) is 2.81. The number of benzene rings is 1. The fourth-order valence-electron chi connectivity index (χ4n) is 3.78. The molecule has 12 heteroatoms. The number of nitrogens with one attached hydrogen (secondary N) is 1. The number of methoxy groups -OCH3 is 1. The van der Waals surface area contributed by atoms with Crippen LogP contribution in [0.5, 0.6) is 11.5 Å². The number of urea groups is 1. The summed E-state index contributed by atoms with van der Waals surface area (Å²) >= 11 is 1.11. The minimum absolute atomic E-state index is 0.0866. The van der Waals surface area contributed by atoms with E-state index in [0.717, 1.165) is 21.8 Å². The van der Waals surface area contributed by atoms with Crippen molar-refractivity contribution in [2.75, 3.05) is 18.8 Å². The number of nitrogens with zero attached hydrogens (tertiary/aromatic N) is 3. The molecule has 4 rings (SSSR count). The van der Waals surface area contributed by atoms with Gasteiger partial charge in [-0.3, -0.25) is 19.4 Å². The van der Waals surface area contributed by atoms with Gasteiger partial charge in [-0.1, -0.05) is 6.07 Å². The number of aromatic nitrogens is 1. The molecule has 3 atom stereocenters. The van der Waals surface area contributed by atoms with Crippen molar-refractivity contribution in [2.45, 2.75) is 38.4 Å². The summed E-state index contributed by atoms with van der Waals surface area (Å²) in [7, 11) is 1.24. The average Bonchev–Trinajstić information content (AvgIpc) is 3.52. The molecule has 1 aromatic heterocycles. The molecule has 2 unspecified atom stereocenters. The molecule has 3 heterocycles. The van der Waals surface area contributed by atoms with E-state index >= 15 is 0 Å². The summed E-state index contributed by atoms with van der Waals surface area (Å²) in [5.74, 6) is 0.131. The predicted octanol–water partition coefficient (Wildman–Crippen LogP) is 2.08. The highest BCUT2D eigenvalue weighted by molar-refractivity contribution is 7.14. The van der Waals surface area contributed by atoms with E-state index in [9.17, 15) is 19.2 Å². The van der Waals surface area contributed by atoms with Crippen LogP contribution >= 0.6 is 11.3 Å². The van der Waals surface area contributed by atoms with Gasteiger partial charge in [0.15, 0.2) is 22.3 Å². The second-order valence-corrected chi connectivity index (χ2v) is 8.45. The van der Waals surface area contributed by atoms with Crippen LogP contribution in [0.1, 0.15) is 42.4 Å². The maximum atomic E-state index is 13.1. The Labute approximate surface area is 193 Å². The second kappa shape index (κ2) is 9.06. The molecule has 2 aliphatic rings. The zero-order valence-corrected chi connectivity index (χ0v) is 19.0. The van der Waals surface area contributed by atoms with Crippen molar-refractivity contribution in [3.05, 3.63) is 34.8 Å². The van der Waals surface area contributed by atoms with Crippen molar-refractivity contribution in [2.24, 2.45) is 0 Å². The summed E-state index contributed by atoms with van der Waals surface area (Å²) in [6.45, 7) is 3.68. The Balaban J connectivity index is 1.47. The molecule has 1 saturated heterocycles. The van der Waals surface area contributed by atoms with Gasteiger partial charge in [0.1, 0.15) is 6.04 Å². The maximum absolute atomic E-state index is 13.1. The smallest absolute Gasteiger partial charge is 0.357 e. The third kappa shape index (κ3) is 4.21. The van der Waals surface area contributed by atoms with Crippen LogP contribution < -0.4 is 19.7 Å². The zero-order chi connectivity index (χ0) is 23.7. The molecule has 1 aromatic carbocycles. The van der Waals surface area contributed by atoms with Gasteiger partial charge in [-0.25, -0.2) is 14.6 Å². The zero-order valence-electron chi connectivity index (χ0n) is 18.1. The van der Waals surface area contributed by atoms with Gasteiger partial charge in [0, 0.05) is 11.4 Å². The number of fused-ring (bicyclic) bond motifs is 1. The number of esters is 1. The molecule has 33 heavy (non-hydrogen) atoms. The van der Waals surface area contributed by atoms with E-state index in [0.29, 0.717) is 23.0 Å². The molecule has 11 nitrogen and oxygen atoms in total. The molecule has 0 radical (unpaired) electrons.